The monoisotopic (exact) mass is 267 g/mol. The zero-order chi connectivity index (χ0) is 13.1. The molecule has 1 aromatic heterocycles. The number of rotatable bonds is 3. The fourth-order valence-electron chi connectivity index (χ4n) is 1.69. The number of allylic oxidation sites excluding steroid dienone is 2. The smallest absolute Gasteiger partial charge is 0.263 e. The van der Waals surface area contributed by atoms with Crippen LogP contribution in [0.25, 0.3) is 0 Å². The van der Waals surface area contributed by atoms with Gasteiger partial charge < -0.3 is 11.1 Å². The van der Waals surface area contributed by atoms with Gasteiger partial charge in [-0.1, -0.05) is 23.0 Å². The van der Waals surface area contributed by atoms with Gasteiger partial charge in [0.1, 0.15) is 11.0 Å². The van der Waals surface area contributed by atoms with Crippen molar-refractivity contribution >= 4 is 22.4 Å². The Balaban J connectivity index is 1.96. The van der Waals surface area contributed by atoms with Crippen LogP contribution in [-0.4, -0.2) is 23.6 Å². The molecular weight excluding hydrogens is 253 g/mol. The summed E-state index contributed by atoms with van der Waals surface area (Å²) in [4.78, 5) is 16.0. The van der Waals surface area contributed by atoms with Gasteiger partial charge in [-0.2, -0.15) is 0 Å². The van der Waals surface area contributed by atoms with E-state index in [-0.39, 0.29) is 5.91 Å². The lowest BCUT2D eigenvalue weighted by atomic mass is 9.98. The lowest BCUT2D eigenvalue weighted by Crippen LogP contribution is -2.26. The van der Waals surface area contributed by atoms with Crippen molar-refractivity contribution in [2.75, 3.05) is 12.3 Å². The number of alkyl halides is 1. The molecule has 0 bridgehead atoms. The molecule has 0 spiro atoms. The fourth-order valence-corrected chi connectivity index (χ4v) is 2.29. The molecule has 1 aliphatic carbocycles. The molecule has 3 N–H and O–H groups in total. The van der Waals surface area contributed by atoms with Crippen LogP contribution in [0.5, 0.6) is 0 Å². The fraction of sp³-hybridized carbons (Fsp3) is 0.333. The quantitative estimate of drug-likeness (QED) is 0.881. The number of carbonyl (C=O) groups excluding carboxylic acids is 1. The number of anilines is 1. The topological polar surface area (TPSA) is 68.0 Å². The standard InChI is InChI=1S/C12H14FN3OS/c1-7-2-3-9(13)4-8(7)5-15-11(17)10-6-16-12(14)18-10/h2,4,6,9H,3,5H2,1H3,(H2,14,16)(H,15,17). The van der Waals surface area contributed by atoms with Crippen LogP contribution in [0.4, 0.5) is 9.52 Å². The maximum absolute atomic E-state index is 13.2. The van der Waals surface area contributed by atoms with Crippen molar-refractivity contribution < 1.29 is 9.18 Å². The van der Waals surface area contributed by atoms with Gasteiger partial charge in [0.05, 0.1) is 6.20 Å². The van der Waals surface area contributed by atoms with Crippen LogP contribution in [-0.2, 0) is 0 Å². The molecule has 6 heteroatoms. The van der Waals surface area contributed by atoms with Gasteiger partial charge >= 0.3 is 0 Å². The van der Waals surface area contributed by atoms with Crippen molar-refractivity contribution in [3.63, 3.8) is 0 Å². The van der Waals surface area contributed by atoms with Crippen LogP contribution in [0.1, 0.15) is 23.0 Å². The molecule has 0 saturated heterocycles. The van der Waals surface area contributed by atoms with Crippen LogP contribution >= 0.6 is 11.3 Å². The Kier molecular flexibility index (Phi) is 3.76. The molecule has 1 atom stereocenters. The Bertz CT molecular complexity index is 521. The number of hydrogen-bond donors (Lipinski definition) is 2. The first kappa shape index (κ1) is 12.8. The molecule has 0 fully saturated rings. The van der Waals surface area contributed by atoms with Crippen LogP contribution in [0.2, 0.25) is 0 Å². The number of aromatic nitrogens is 1. The SMILES string of the molecule is CC1=CCC(F)C=C1CNC(=O)c1cnc(N)s1. The molecule has 0 saturated carbocycles. The average Bonchev–Trinajstić information content (AvgIpc) is 2.77. The molecule has 1 unspecified atom stereocenters. The maximum atomic E-state index is 13.2. The van der Waals surface area contributed by atoms with Crippen molar-refractivity contribution in [3.05, 3.63) is 34.4 Å². The number of hydrogen-bond acceptors (Lipinski definition) is 4. The molecule has 0 aromatic carbocycles. The third-order valence-electron chi connectivity index (χ3n) is 2.72. The van der Waals surface area contributed by atoms with Crippen LogP contribution in [0.3, 0.4) is 0 Å². The van der Waals surface area contributed by atoms with Gasteiger partial charge in [0.25, 0.3) is 5.91 Å². The van der Waals surface area contributed by atoms with Crippen molar-refractivity contribution in [2.45, 2.75) is 19.5 Å². The Labute approximate surface area is 108 Å². The second kappa shape index (κ2) is 5.30. The van der Waals surface area contributed by atoms with Crippen LogP contribution < -0.4 is 11.1 Å². The second-order valence-electron chi connectivity index (χ2n) is 4.08. The summed E-state index contributed by atoms with van der Waals surface area (Å²) < 4.78 is 13.2. The predicted octanol–water partition coefficient (Wildman–Crippen LogP) is 2.07. The molecule has 1 aliphatic rings. The summed E-state index contributed by atoms with van der Waals surface area (Å²) in [5.41, 5.74) is 7.28. The number of nitrogens with one attached hydrogen (secondary N) is 1. The largest absolute Gasteiger partial charge is 0.375 e. The second-order valence-corrected chi connectivity index (χ2v) is 5.14. The number of amides is 1. The minimum atomic E-state index is -0.959. The summed E-state index contributed by atoms with van der Waals surface area (Å²) >= 11 is 1.13. The maximum Gasteiger partial charge on any atom is 0.263 e. The van der Waals surface area contributed by atoms with E-state index in [1.807, 2.05) is 13.0 Å². The molecule has 1 heterocycles. The summed E-state index contributed by atoms with van der Waals surface area (Å²) in [5.74, 6) is -0.237. The molecule has 18 heavy (non-hydrogen) atoms. The summed E-state index contributed by atoms with van der Waals surface area (Å²) in [6.45, 7) is 2.23. The molecule has 1 aromatic rings. The van der Waals surface area contributed by atoms with E-state index in [0.29, 0.717) is 23.0 Å². The molecular formula is C12H14FN3OS. The van der Waals surface area contributed by atoms with E-state index < -0.39 is 6.17 Å². The third kappa shape index (κ3) is 2.95. The van der Waals surface area contributed by atoms with E-state index in [0.717, 1.165) is 22.5 Å². The Morgan fingerprint density at radius 1 is 1.72 bits per heavy atom. The summed E-state index contributed by atoms with van der Waals surface area (Å²) in [7, 11) is 0. The van der Waals surface area contributed by atoms with Crippen molar-refractivity contribution in [3.8, 4) is 0 Å². The summed E-state index contributed by atoms with van der Waals surface area (Å²) in [6, 6.07) is 0. The summed E-state index contributed by atoms with van der Waals surface area (Å²) in [5, 5.41) is 3.09. The highest BCUT2D eigenvalue weighted by molar-refractivity contribution is 7.17. The zero-order valence-corrected chi connectivity index (χ0v) is 10.8. The highest BCUT2D eigenvalue weighted by Crippen LogP contribution is 2.20. The van der Waals surface area contributed by atoms with Crippen LogP contribution in [0, 0.1) is 0 Å². The van der Waals surface area contributed by atoms with E-state index in [1.165, 1.54) is 6.20 Å². The minimum absolute atomic E-state index is 0.237. The predicted molar refractivity (Wildman–Crippen MR) is 70.2 cm³/mol. The highest BCUT2D eigenvalue weighted by atomic mass is 32.1. The van der Waals surface area contributed by atoms with E-state index in [4.69, 9.17) is 5.73 Å². The first-order valence-electron chi connectivity index (χ1n) is 5.57. The van der Waals surface area contributed by atoms with E-state index in [9.17, 15) is 9.18 Å². The van der Waals surface area contributed by atoms with Gasteiger partial charge in [-0.3, -0.25) is 4.79 Å². The van der Waals surface area contributed by atoms with Gasteiger partial charge in [-0.15, -0.1) is 0 Å². The van der Waals surface area contributed by atoms with Gasteiger partial charge in [-0.25, -0.2) is 9.37 Å². The van der Waals surface area contributed by atoms with Crippen molar-refractivity contribution in [1.82, 2.24) is 10.3 Å². The first-order chi connectivity index (χ1) is 8.56. The number of halogens is 1. The highest BCUT2D eigenvalue weighted by Gasteiger charge is 2.14. The summed E-state index contributed by atoms with van der Waals surface area (Å²) in [6.07, 6.45) is 4.28. The molecule has 1 amide bonds. The lowest BCUT2D eigenvalue weighted by Gasteiger charge is -2.15. The van der Waals surface area contributed by atoms with Gasteiger partial charge in [0.15, 0.2) is 5.13 Å². The molecule has 2 rings (SSSR count). The minimum Gasteiger partial charge on any atom is -0.375 e. The molecule has 4 nitrogen and oxygen atoms in total. The average molecular weight is 267 g/mol. The number of thiazole rings is 1. The van der Waals surface area contributed by atoms with E-state index in [1.54, 1.807) is 6.08 Å². The number of nitrogens with two attached hydrogens (primary N) is 1. The lowest BCUT2D eigenvalue weighted by molar-refractivity contribution is 0.0961. The number of carbonyl (C=O) groups is 1. The zero-order valence-electron chi connectivity index (χ0n) is 9.94. The molecule has 0 aliphatic heterocycles. The normalized spacial score (nSPS) is 19.1. The molecule has 96 valence electrons. The Morgan fingerprint density at radius 2 is 2.50 bits per heavy atom. The van der Waals surface area contributed by atoms with Crippen LogP contribution in [0.15, 0.2) is 29.5 Å². The third-order valence-corrected chi connectivity index (χ3v) is 3.55. The number of nitrogen functional groups attached to an aromatic ring is 1. The van der Waals surface area contributed by atoms with E-state index >= 15 is 0 Å². The van der Waals surface area contributed by atoms with Gasteiger partial charge in [0.2, 0.25) is 0 Å². The van der Waals surface area contributed by atoms with Crippen molar-refractivity contribution in [2.24, 2.45) is 0 Å². The number of nitrogens with zero attached hydrogens (tertiary/aromatic N) is 1. The van der Waals surface area contributed by atoms with Gasteiger partial charge in [0, 0.05) is 13.0 Å². The van der Waals surface area contributed by atoms with Gasteiger partial charge in [-0.05, 0) is 18.6 Å². The van der Waals surface area contributed by atoms with E-state index in [2.05, 4.69) is 10.3 Å². The Hall–Kier alpha value is -1.69. The Morgan fingerprint density at radius 3 is 3.17 bits per heavy atom. The van der Waals surface area contributed by atoms with Crippen molar-refractivity contribution in [1.29, 1.82) is 0 Å². The molecule has 0 radical (unpaired) electrons. The first-order valence-corrected chi connectivity index (χ1v) is 6.39.